The summed E-state index contributed by atoms with van der Waals surface area (Å²) in [6.07, 6.45) is 14.8. The van der Waals surface area contributed by atoms with Crippen LogP contribution in [0.2, 0.25) is 0 Å². The van der Waals surface area contributed by atoms with Gasteiger partial charge in [0.15, 0.2) is 0 Å². The topological polar surface area (TPSA) is 159 Å². The van der Waals surface area contributed by atoms with Gasteiger partial charge in [-0.05, 0) is 32.1 Å². The highest BCUT2D eigenvalue weighted by molar-refractivity contribution is 5.84. The van der Waals surface area contributed by atoms with E-state index in [1.807, 2.05) is 0 Å². The molecule has 6 N–H and O–H groups in total. The highest BCUT2D eigenvalue weighted by Gasteiger charge is 2.20. The average molecular weight is 486 g/mol. The van der Waals surface area contributed by atoms with E-state index >= 15 is 0 Å². The van der Waals surface area contributed by atoms with Crippen molar-refractivity contribution in [2.24, 2.45) is 5.73 Å². The molecule has 0 aromatic carbocycles. The van der Waals surface area contributed by atoms with Crippen LogP contribution in [0.15, 0.2) is 0 Å². The van der Waals surface area contributed by atoms with Gasteiger partial charge in [-0.25, -0.2) is 4.79 Å². The minimum Gasteiger partial charge on any atom is -0.480 e. The van der Waals surface area contributed by atoms with Crippen molar-refractivity contribution in [3.8, 4) is 0 Å². The number of carbonyl (C=O) groups excluding carboxylic acids is 2. The summed E-state index contributed by atoms with van der Waals surface area (Å²) in [5.74, 6) is -2.79. The number of carboxylic acid groups (broad SMARTS) is 2. The Labute approximate surface area is 204 Å². The molecule has 0 saturated heterocycles. The van der Waals surface area contributed by atoms with Crippen molar-refractivity contribution in [3.63, 3.8) is 0 Å². The second-order valence-electron chi connectivity index (χ2n) is 9.07. The standard InChI is InChI=1S/C25H47N3O6/c1-2-3-4-5-6-7-8-9-10-11-12-16-23(30)28-21(25(33)34)17-18-22(29)27-19-14-13-15-20(26)24(31)32/h20-21H,2-19,26H2,1H3,(H,27,29)(H,28,30)(H,31,32)(H,33,34)/t20-,21-/m0/s1. The molecule has 9 nitrogen and oxygen atoms in total. The molecule has 2 amide bonds. The van der Waals surface area contributed by atoms with Crippen LogP contribution in [-0.2, 0) is 19.2 Å². The number of nitrogens with two attached hydrogens (primary N) is 1. The first-order valence-electron chi connectivity index (χ1n) is 13.0. The molecule has 0 aliphatic heterocycles. The molecule has 0 aromatic rings. The van der Waals surface area contributed by atoms with Gasteiger partial charge >= 0.3 is 11.9 Å². The first-order valence-corrected chi connectivity index (χ1v) is 13.0. The zero-order chi connectivity index (χ0) is 25.6. The van der Waals surface area contributed by atoms with Crippen LogP contribution in [0.5, 0.6) is 0 Å². The SMILES string of the molecule is CCCCCCCCCCCCCC(=O)N[C@@H](CCC(=O)NCCCC[C@H](N)C(=O)O)C(=O)O. The van der Waals surface area contributed by atoms with Crippen LogP contribution in [-0.4, -0.2) is 52.6 Å². The summed E-state index contributed by atoms with van der Waals surface area (Å²) in [6, 6.07) is -1.99. The van der Waals surface area contributed by atoms with Crippen LogP contribution in [0, 0.1) is 0 Å². The number of unbranched alkanes of at least 4 members (excludes halogenated alkanes) is 11. The van der Waals surface area contributed by atoms with Crippen molar-refractivity contribution in [1.29, 1.82) is 0 Å². The maximum absolute atomic E-state index is 12.1. The minimum absolute atomic E-state index is 0.00959. The lowest BCUT2D eigenvalue weighted by atomic mass is 10.0. The molecule has 9 heteroatoms. The number of nitrogens with one attached hydrogen (secondary N) is 2. The fourth-order valence-corrected chi connectivity index (χ4v) is 3.68. The second-order valence-corrected chi connectivity index (χ2v) is 9.07. The van der Waals surface area contributed by atoms with E-state index in [0.717, 1.165) is 19.3 Å². The molecule has 0 aliphatic carbocycles. The molecule has 2 atom stereocenters. The van der Waals surface area contributed by atoms with Crippen LogP contribution in [0.1, 0.15) is 116 Å². The van der Waals surface area contributed by atoms with Gasteiger partial charge in [0.1, 0.15) is 12.1 Å². The number of carboxylic acids is 2. The van der Waals surface area contributed by atoms with Crippen molar-refractivity contribution in [1.82, 2.24) is 10.6 Å². The van der Waals surface area contributed by atoms with Crippen molar-refractivity contribution >= 4 is 23.8 Å². The molecule has 34 heavy (non-hydrogen) atoms. The Morgan fingerprint density at radius 1 is 0.676 bits per heavy atom. The Balaban J connectivity index is 3.84. The van der Waals surface area contributed by atoms with Crippen LogP contribution < -0.4 is 16.4 Å². The predicted molar refractivity (Wildman–Crippen MR) is 132 cm³/mol. The molecule has 0 bridgehead atoms. The van der Waals surface area contributed by atoms with E-state index in [1.165, 1.54) is 51.4 Å². The van der Waals surface area contributed by atoms with Crippen LogP contribution in [0.25, 0.3) is 0 Å². The van der Waals surface area contributed by atoms with Gasteiger partial charge in [0.25, 0.3) is 0 Å². The van der Waals surface area contributed by atoms with Gasteiger partial charge in [-0.15, -0.1) is 0 Å². The van der Waals surface area contributed by atoms with E-state index in [0.29, 0.717) is 32.2 Å². The third kappa shape index (κ3) is 19.3. The predicted octanol–water partition coefficient (Wildman–Crippen LogP) is 3.74. The lowest BCUT2D eigenvalue weighted by molar-refractivity contribution is -0.142. The smallest absolute Gasteiger partial charge is 0.326 e. The summed E-state index contributed by atoms with van der Waals surface area (Å²) >= 11 is 0. The Bertz CT molecular complexity index is 585. The van der Waals surface area contributed by atoms with Crippen LogP contribution in [0.3, 0.4) is 0 Å². The highest BCUT2D eigenvalue weighted by Crippen LogP contribution is 2.12. The van der Waals surface area contributed by atoms with Crippen molar-refractivity contribution in [2.75, 3.05) is 6.54 Å². The van der Waals surface area contributed by atoms with Crippen molar-refractivity contribution in [3.05, 3.63) is 0 Å². The number of rotatable bonds is 23. The van der Waals surface area contributed by atoms with Gasteiger partial charge in [0.2, 0.25) is 11.8 Å². The number of amides is 2. The Kier molecular flexibility index (Phi) is 20.0. The lowest BCUT2D eigenvalue weighted by Gasteiger charge is -2.14. The van der Waals surface area contributed by atoms with E-state index < -0.39 is 24.0 Å². The van der Waals surface area contributed by atoms with Crippen LogP contribution in [0.4, 0.5) is 0 Å². The first kappa shape index (κ1) is 31.8. The molecule has 0 heterocycles. The maximum Gasteiger partial charge on any atom is 0.326 e. The van der Waals surface area contributed by atoms with Gasteiger partial charge in [0, 0.05) is 19.4 Å². The van der Waals surface area contributed by atoms with E-state index in [2.05, 4.69) is 17.6 Å². The fraction of sp³-hybridized carbons (Fsp3) is 0.840. The zero-order valence-electron chi connectivity index (χ0n) is 21.0. The summed E-state index contributed by atoms with van der Waals surface area (Å²) in [5.41, 5.74) is 5.41. The van der Waals surface area contributed by atoms with Gasteiger partial charge in [0.05, 0.1) is 0 Å². The minimum atomic E-state index is -1.15. The first-order chi connectivity index (χ1) is 16.3. The molecule has 0 fully saturated rings. The number of aliphatic carboxylic acids is 2. The third-order valence-corrected chi connectivity index (χ3v) is 5.88. The average Bonchev–Trinajstić information content (AvgIpc) is 2.79. The van der Waals surface area contributed by atoms with Crippen molar-refractivity contribution in [2.45, 2.75) is 128 Å². The summed E-state index contributed by atoms with van der Waals surface area (Å²) in [7, 11) is 0. The van der Waals surface area contributed by atoms with Gasteiger partial charge < -0.3 is 26.6 Å². The number of hydrogen-bond donors (Lipinski definition) is 5. The molecular formula is C25H47N3O6. The molecule has 0 rings (SSSR count). The van der Waals surface area contributed by atoms with Gasteiger partial charge in [-0.3, -0.25) is 14.4 Å². The van der Waals surface area contributed by atoms with Gasteiger partial charge in [-0.2, -0.15) is 0 Å². The summed E-state index contributed by atoms with van der Waals surface area (Å²) in [4.78, 5) is 46.0. The molecule has 0 aromatic heterocycles. The molecule has 0 aliphatic rings. The van der Waals surface area contributed by atoms with Crippen molar-refractivity contribution < 1.29 is 29.4 Å². The summed E-state index contributed by atoms with van der Waals surface area (Å²) in [6.45, 7) is 2.59. The molecule has 0 unspecified atom stereocenters. The van der Waals surface area contributed by atoms with Crippen LogP contribution >= 0.6 is 0 Å². The Morgan fingerprint density at radius 3 is 1.76 bits per heavy atom. The summed E-state index contributed by atoms with van der Waals surface area (Å²) < 4.78 is 0. The lowest BCUT2D eigenvalue weighted by Crippen LogP contribution is -2.41. The number of hydrogen-bond acceptors (Lipinski definition) is 5. The molecule has 0 spiro atoms. The Hall–Kier alpha value is -2.16. The molecule has 0 saturated carbocycles. The van der Waals surface area contributed by atoms with E-state index in [9.17, 15) is 24.3 Å². The highest BCUT2D eigenvalue weighted by atomic mass is 16.4. The quantitative estimate of drug-likeness (QED) is 0.138. The van der Waals surface area contributed by atoms with E-state index in [1.54, 1.807) is 0 Å². The molecule has 198 valence electrons. The normalized spacial score (nSPS) is 12.6. The van der Waals surface area contributed by atoms with Gasteiger partial charge in [-0.1, -0.05) is 71.1 Å². The maximum atomic E-state index is 12.1. The monoisotopic (exact) mass is 485 g/mol. The number of carbonyl (C=O) groups is 4. The second kappa shape index (κ2) is 21.4. The largest absolute Gasteiger partial charge is 0.480 e. The fourth-order valence-electron chi connectivity index (χ4n) is 3.68. The van der Waals surface area contributed by atoms with E-state index in [-0.39, 0.29) is 24.7 Å². The zero-order valence-corrected chi connectivity index (χ0v) is 21.0. The molecule has 0 radical (unpaired) electrons. The Morgan fingerprint density at radius 2 is 1.24 bits per heavy atom. The third-order valence-electron chi connectivity index (χ3n) is 5.88. The summed E-state index contributed by atoms with van der Waals surface area (Å²) in [5, 5.41) is 23.2. The van der Waals surface area contributed by atoms with E-state index in [4.69, 9.17) is 10.8 Å². The molecular weight excluding hydrogens is 438 g/mol.